The Bertz CT molecular complexity index is 266. The lowest BCUT2D eigenvalue weighted by molar-refractivity contribution is -0.121. The minimum absolute atomic E-state index is 0.169. The first-order chi connectivity index (χ1) is 9.63. The summed E-state index contributed by atoms with van der Waals surface area (Å²) >= 11 is 0. The molecule has 0 spiro atoms. The van der Waals surface area contributed by atoms with Gasteiger partial charge in [-0.3, -0.25) is 9.69 Å². The molecule has 0 saturated carbocycles. The van der Waals surface area contributed by atoms with Gasteiger partial charge < -0.3 is 15.4 Å². The molecule has 1 aliphatic rings. The van der Waals surface area contributed by atoms with Gasteiger partial charge in [-0.05, 0) is 32.4 Å². The molecule has 1 amide bonds. The van der Waals surface area contributed by atoms with Gasteiger partial charge in [0, 0.05) is 32.1 Å². The van der Waals surface area contributed by atoms with E-state index < -0.39 is 0 Å². The van der Waals surface area contributed by atoms with Gasteiger partial charge in [0.15, 0.2) is 0 Å². The molecule has 0 aromatic carbocycles. The second-order valence-corrected chi connectivity index (χ2v) is 5.94. The molecule has 5 nitrogen and oxygen atoms in total. The number of carbonyl (C=O) groups is 1. The maximum atomic E-state index is 11.8. The number of nitrogens with one attached hydrogen (secondary N) is 2. The third kappa shape index (κ3) is 7.22. The van der Waals surface area contributed by atoms with E-state index in [2.05, 4.69) is 29.4 Å². The number of morpholine rings is 1. The Morgan fingerprint density at radius 3 is 2.60 bits per heavy atom. The van der Waals surface area contributed by atoms with E-state index in [1.165, 1.54) is 0 Å². The van der Waals surface area contributed by atoms with E-state index in [1.54, 1.807) is 0 Å². The number of hydrogen-bond donors (Lipinski definition) is 2. The van der Waals surface area contributed by atoms with Gasteiger partial charge in [0.2, 0.25) is 5.91 Å². The fraction of sp³-hybridized carbons (Fsp3) is 0.933. The molecule has 1 heterocycles. The molecule has 1 rings (SSSR count). The van der Waals surface area contributed by atoms with Gasteiger partial charge in [0.25, 0.3) is 0 Å². The van der Waals surface area contributed by atoms with E-state index >= 15 is 0 Å². The largest absolute Gasteiger partial charge is 0.379 e. The van der Waals surface area contributed by atoms with Crippen LogP contribution < -0.4 is 10.6 Å². The number of nitrogens with zero attached hydrogens (tertiary/aromatic N) is 1. The quantitative estimate of drug-likeness (QED) is 0.617. The average Bonchev–Trinajstić information content (AvgIpc) is 2.44. The highest BCUT2D eigenvalue weighted by atomic mass is 16.5. The van der Waals surface area contributed by atoms with Gasteiger partial charge in [-0.1, -0.05) is 13.8 Å². The smallest absolute Gasteiger partial charge is 0.220 e. The predicted molar refractivity (Wildman–Crippen MR) is 81.8 cm³/mol. The van der Waals surface area contributed by atoms with Crippen molar-refractivity contribution in [1.29, 1.82) is 0 Å². The van der Waals surface area contributed by atoms with Crippen molar-refractivity contribution in [3.63, 3.8) is 0 Å². The van der Waals surface area contributed by atoms with E-state index in [4.69, 9.17) is 4.74 Å². The number of rotatable bonds is 9. The van der Waals surface area contributed by atoms with Crippen molar-refractivity contribution in [1.82, 2.24) is 15.5 Å². The summed E-state index contributed by atoms with van der Waals surface area (Å²) in [6.07, 6.45) is 2.63. The van der Waals surface area contributed by atoms with Gasteiger partial charge in [0.1, 0.15) is 0 Å². The summed E-state index contributed by atoms with van der Waals surface area (Å²) in [5, 5.41) is 6.16. The van der Waals surface area contributed by atoms with Crippen LogP contribution in [0.15, 0.2) is 0 Å². The zero-order valence-corrected chi connectivity index (χ0v) is 13.3. The van der Waals surface area contributed by atoms with Gasteiger partial charge in [-0.25, -0.2) is 0 Å². The van der Waals surface area contributed by atoms with Gasteiger partial charge >= 0.3 is 0 Å². The van der Waals surface area contributed by atoms with Crippen LogP contribution in [0.4, 0.5) is 0 Å². The van der Waals surface area contributed by atoms with Crippen molar-refractivity contribution in [3.05, 3.63) is 0 Å². The van der Waals surface area contributed by atoms with Crippen molar-refractivity contribution in [2.45, 2.75) is 39.2 Å². The van der Waals surface area contributed by atoms with Gasteiger partial charge in [0.05, 0.1) is 13.2 Å². The fourth-order valence-corrected chi connectivity index (χ4v) is 2.59. The SMILES string of the molecule is CNCCCC(=O)NCC(CC(C)C)N1CCOCC1. The van der Waals surface area contributed by atoms with Crippen LogP contribution in [0.25, 0.3) is 0 Å². The Morgan fingerprint density at radius 2 is 2.00 bits per heavy atom. The zero-order valence-electron chi connectivity index (χ0n) is 13.3. The van der Waals surface area contributed by atoms with Crippen molar-refractivity contribution in [2.24, 2.45) is 5.92 Å². The Kier molecular flexibility index (Phi) is 8.82. The number of amides is 1. The molecular weight excluding hydrogens is 254 g/mol. The second-order valence-electron chi connectivity index (χ2n) is 5.94. The van der Waals surface area contributed by atoms with Crippen molar-refractivity contribution in [3.8, 4) is 0 Å². The Morgan fingerprint density at radius 1 is 1.30 bits per heavy atom. The number of carbonyl (C=O) groups excluding carboxylic acids is 1. The van der Waals surface area contributed by atoms with Crippen LogP contribution in [0.1, 0.15) is 33.1 Å². The Labute approximate surface area is 123 Å². The number of hydrogen-bond acceptors (Lipinski definition) is 4. The topological polar surface area (TPSA) is 53.6 Å². The van der Waals surface area contributed by atoms with E-state index in [1.807, 2.05) is 7.05 Å². The maximum Gasteiger partial charge on any atom is 0.220 e. The number of ether oxygens (including phenoxy) is 1. The third-order valence-corrected chi connectivity index (χ3v) is 3.67. The molecule has 1 aliphatic heterocycles. The van der Waals surface area contributed by atoms with Crippen LogP contribution in [0.2, 0.25) is 0 Å². The summed E-state index contributed by atoms with van der Waals surface area (Å²) in [6.45, 7) is 9.71. The molecule has 1 unspecified atom stereocenters. The summed E-state index contributed by atoms with van der Waals surface area (Å²) in [4.78, 5) is 14.3. The lowest BCUT2D eigenvalue weighted by Gasteiger charge is -2.35. The molecule has 5 heteroatoms. The van der Waals surface area contributed by atoms with Crippen LogP contribution in [-0.4, -0.2) is 63.3 Å². The summed E-state index contributed by atoms with van der Waals surface area (Å²) in [5.41, 5.74) is 0. The lowest BCUT2D eigenvalue weighted by Crippen LogP contribution is -2.49. The molecule has 1 atom stereocenters. The summed E-state index contributed by atoms with van der Waals surface area (Å²) in [5.74, 6) is 0.811. The highest BCUT2D eigenvalue weighted by Crippen LogP contribution is 2.13. The maximum absolute atomic E-state index is 11.8. The normalized spacial score (nSPS) is 18.2. The molecular formula is C15H31N3O2. The molecule has 0 aromatic heterocycles. The fourth-order valence-electron chi connectivity index (χ4n) is 2.59. The van der Waals surface area contributed by atoms with E-state index in [9.17, 15) is 4.79 Å². The molecule has 0 aromatic rings. The first-order valence-corrected chi connectivity index (χ1v) is 7.86. The summed E-state index contributed by atoms with van der Waals surface area (Å²) < 4.78 is 5.41. The molecule has 2 N–H and O–H groups in total. The molecule has 1 fully saturated rings. The molecule has 0 aliphatic carbocycles. The second kappa shape index (κ2) is 10.1. The Balaban J connectivity index is 2.33. The minimum atomic E-state index is 0.169. The first kappa shape index (κ1) is 17.4. The van der Waals surface area contributed by atoms with Crippen LogP contribution in [0.5, 0.6) is 0 Å². The van der Waals surface area contributed by atoms with Crippen molar-refractivity contribution in [2.75, 3.05) is 46.4 Å². The predicted octanol–water partition coefficient (Wildman–Crippen LogP) is 0.849. The third-order valence-electron chi connectivity index (χ3n) is 3.67. The van der Waals surface area contributed by atoms with Crippen molar-refractivity contribution >= 4 is 5.91 Å². The minimum Gasteiger partial charge on any atom is -0.379 e. The molecule has 20 heavy (non-hydrogen) atoms. The van der Waals surface area contributed by atoms with E-state index in [0.29, 0.717) is 18.4 Å². The monoisotopic (exact) mass is 285 g/mol. The molecule has 0 bridgehead atoms. The standard InChI is InChI=1S/C15H31N3O2/c1-13(2)11-14(18-7-9-20-10-8-18)12-17-15(19)5-4-6-16-3/h13-14,16H,4-12H2,1-3H3,(H,17,19). The van der Waals surface area contributed by atoms with Crippen molar-refractivity contribution < 1.29 is 9.53 Å². The molecule has 0 radical (unpaired) electrons. The van der Waals surface area contributed by atoms with Gasteiger partial charge in [-0.15, -0.1) is 0 Å². The Hall–Kier alpha value is -0.650. The van der Waals surface area contributed by atoms with Crippen LogP contribution >= 0.6 is 0 Å². The summed E-state index contributed by atoms with van der Waals surface area (Å²) in [6, 6.07) is 0.437. The van der Waals surface area contributed by atoms with E-state index in [-0.39, 0.29) is 5.91 Å². The average molecular weight is 285 g/mol. The highest BCUT2D eigenvalue weighted by molar-refractivity contribution is 5.75. The zero-order chi connectivity index (χ0) is 14.8. The highest BCUT2D eigenvalue weighted by Gasteiger charge is 2.22. The van der Waals surface area contributed by atoms with Crippen LogP contribution in [-0.2, 0) is 9.53 Å². The molecule has 1 saturated heterocycles. The van der Waals surface area contributed by atoms with Crippen LogP contribution in [0.3, 0.4) is 0 Å². The summed E-state index contributed by atoms with van der Waals surface area (Å²) in [7, 11) is 1.91. The first-order valence-electron chi connectivity index (χ1n) is 7.86. The van der Waals surface area contributed by atoms with Crippen LogP contribution in [0, 0.1) is 5.92 Å². The lowest BCUT2D eigenvalue weighted by atomic mass is 10.0. The molecule has 118 valence electrons. The van der Waals surface area contributed by atoms with Gasteiger partial charge in [-0.2, -0.15) is 0 Å². The van der Waals surface area contributed by atoms with E-state index in [0.717, 1.165) is 52.2 Å².